The predicted octanol–water partition coefficient (Wildman–Crippen LogP) is 4.76. The van der Waals surface area contributed by atoms with E-state index in [1.165, 1.54) is 44.9 Å². The van der Waals surface area contributed by atoms with E-state index in [0.29, 0.717) is 13.0 Å². The van der Waals surface area contributed by atoms with E-state index >= 15 is 0 Å². The molecule has 0 spiro atoms. The van der Waals surface area contributed by atoms with Crippen molar-refractivity contribution in [3.63, 3.8) is 0 Å². The third-order valence-electron chi connectivity index (χ3n) is 3.98. The van der Waals surface area contributed by atoms with Gasteiger partial charge in [-0.1, -0.05) is 71.6 Å². The Hall–Kier alpha value is -1.06. The summed E-state index contributed by atoms with van der Waals surface area (Å²) in [5, 5.41) is 2.73. The molecule has 1 N–H and O–H groups in total. The molecule has 0 unspecified atom stereocenters. The lowest BCUT2D eigenvalue weighted by atomic mass is 10.1. The summed E-state index contributed by atoms with van der Waals surface area (Å²) in [4.78, 5) is 23.5. The summed E-state index contributed by atoms with van der Waals surface area (Å²) in [6.45, 7) is 6.52. The first-order valence-electron chi connectivity index (χ1n) is 9.57. The van der Waals surface area contributed by atoms with Gasteiger partial charge in [0.05, 0.1) is 6.61 Å². The number of unbranched alkanes of at least 4 members (excludes halogenated alkanes) is 9. The van der Waals surface area contributed by atoms with Crippen molar-refractivity contribution in [3.8, 4) is 0 Å². The third-order valence-corrected chi connectivity index (χ3v) is 3.98. The quantitative estimate of drug-likeness (QED) is 0.349. The minimum atomic E-state index is -0.543. The van der Waals surface area contributed by atoms with Gasteiger partial charge in [-0.2, -0.15) is 0 Å². The molecule has 0 saturated carbocycles. The fourth-order valence-electron chi connectivity index (χ4n) is 2.44. The Bertz CT molecular complexity index is 305. The van der Waals surface area contributed by atoms with Gasteiger partial charge < -0.3 is 10.1 Å². The van der Waals surface area contributed by atoms with Gasteiger partial charge in [-0.25, -0.2) is 4.79 Å². The van der Waals surface area contributed by atoms with Gasteiger partial charge in [0.25, 0.3) is 0 Å². The number of carbonyl (C=O) groups is 2. The Morgan fingerprint density at radius 3 is 1.96 bits per heavy atom. The fourth-order valence-corrected chi connectivity index (χ4v) is 2.44. The highest BCUT2D eigenvalue weighted by atomic mass is 16.5. The van der Waals surface area contributed by atoms with Crippen LogP contribution in [-0.2, 0) is 14.3 Å². The average molecular weight is 328 g/mol. The third kappa shape index (κ3) is 14.3. The number of rotatable bonds is 15. The number of nitrogens with one attached hydrogen (secondary N) is 1. The van der Waals surface area contributed by atoms with Crippen LogP contribution in [0.3, 0.4) is 0 Å². The van der Waals surface area contributed by atoms with Gasteiger partial charge in [-0.05, 0) is 19.8 Å². The molecule has 0 aliphatic carbocycles. The van der Waals surface area contributed by atoms with Crippen LogP contribution in [0, 0.1) is 0 Å². The first kappa shape index (κ1) is 21.9. The number of esters is 1. The summed E-state index contributed by atoms with van der Waals surface area (Å²) < 4.78 is 5.22. The van der Waals surface area contributed by atoms with Crippen molar-refractivity contribution >= 4 is 11.9 Å². The van der Waals surface area contributed by atoms with Crippen LogP contribution in [0.4, 0.5) is 0 Å². The molecule has 0 saturated heterocycles. The molecule has 0 aromatic rings. The lowest BCUT2D eigenvalue weighted by molar-refractivity contribution is -0.147. The van der Waals surface area contributed by atoms with Gasteiger partial charge in [-0.15, -0.1) is 0 Å². The molecule has 0 aromatic heterocycles. The highest BCUT2D eigenvalue weighted by Gasteiger charge is 2.16. The van der Waals surface area contributed by atoms with Gasteiger partial charge in [-0.3, -0.25) is 4.79 Å². The van der Waals surface area contributed by atoms with E-state index in [1.54, 1.807) is 6.92 Å². The molecule has 1 atom stereocenters. The molecule has 0 radical (unpaired) electrons. The molecule has 4 heteroatoms. The van der Waals surface area contributed by atoms with Gasteiger partial charge >= 0.3 is 5.97 Å². The average Bonchev–Trinajstić information content (AvgIpc) is 2.53. The van der Waals surface area contributed by atoms with E-state index in [2.05, 4.69) is 19.2 Å². The SMILES string of the molecule is CCCCCCCCOC(=O)[C@H](C)NC(=O)CCCCCCC. The summed E-state index contributed by atoms with van der Waals surface area (Å²) >= 11 is 0. The van der Waals surface area contributed by atoms with Crippen molar-refractivity contribution in [2.24, 2.45) is 0 Å². The van der Waals surface area contributed by atoms with Gasteiger partial charge in [0.2, 0.25) is 5.91 Å². The van der Waals surface area contributed by atoms with Crippen molar-refractivity contribution in [1.29, 1.82) is 0 Å². The normalized spacial score (nSPS) is 12.0. The molecule has 0 heterocycles. The van der Waals surface area contributed by atoms with E-state index in [1.807, 2.05) is 0 Å². The largest absolute Gasteiger partial charge is 0.464 e. The van der Waals surface area contributed by atoms with E-state index < -0.39 is 6.04 Å². The second-order valence-corrected chi connectivity index (χ2v) is 6.39. The number of hydrogen-bond acceptors (Lipinski definition) is 3. The zero-order valence-electron chi connectivity index (χ0n) is 15.5. The molecular formula is C19H37NO3. The second-order valence-electron chi connectivity index (χ2n) is 6.39. The summed E-state index contributed by atoms with van der Waals surface area (Å²) in [6, 6.07) is -0.543. The molecule has 136 valence electrons. The highest BCUT2D eigenvalue weighted by molar-refractivity contribution is 5.84. The Labute approximate surface area is 142 Å². The Morgan fingerprint density at radius 2 is 1.35 bits per heavy atom. The van der Waals surface area contributed by atoms with Gasteiger partial charge in [0, 0.05) is 6.42 Å². The predicted molar refractivity (Wildman–Crippen MR) is 95.3 cm³/mol. The van der Waals surface area contributed by atoms with Crippen LogP contribution in [0.5, 0.6) is 0 Å². The summed E-state index contributed by atoms with van der Waals surface area (Å²) in [7, 11) is 0. The van der Waals surface area contributed by atoms with Crippen molar-refractivity contribution < 1.29 is 14.3 Å². The van der Waals surface area contributed by atoms with Gasteiger partial charge in [0.1, 0.15) is 6.04 Å². The summed E-state index contributed by atoms with van der Waals surface area (Å²) in [5.41, 5.74) is 0. The lowest BCUT2D eigenvalue weighted by Gasteiger charge is -2.13. The van der Waals surface area contributed by atoms with Crippen LogP contribution >= 0.6 is 0 Å². The molecule has 4 nitrogen and oxygen atoms in total. The maximum atomic E-state index is 11.8. The van der Waals surface area contributed by atoms with Crippen LogP contribution in [0.2, 0.25) is 0 Å². The zero-order valence-corrected chi connectivity index (χ0v) is 15.5. The molecule has 0 aliphatic rings. The van der Waals surface area contributed by atoms with Crippen molar-refractivity contribution in [2.45, 2.75) is 104 Å². The monoisotopic (exact) mass is 327 g/mol. The smallest absolute Gasteiger partial charge is 0.328 e. The van der Waals surface area contributed by atoms with E-state index in [-0.39, 0.29) is 11.9 Å². The number of carbonyl (C=O) groups excluding carboxylic acids is 2. The minimum Gasteiger partial charge on any atom is -0.464 e. The van der Waals surface area contributed by atoms with Crippen molar-refractivity contribution in [2.75, 3.05) is 6.61 Å². The molecule has 0 rings (SSSR count). The second kappa shape index (κ2) is 15.8. The Morgan fingerprint density at radius 1 is 0.826 bits per heavy atom. The van der Waals surface area contributed by atoms with Crippen molar-refractivity contribution in [3.05, 3.63) is 0 Å². The van der Waals surface area contributed by atoms with Crippen molar-refractivity contribution in [1.82, 2.24) is 5.32 Å². The van der Waals surface area contributed by atoms with E-state index in [4.69, 9.17) is 4.74 Å². The number of hydrogen-bond donors (Lipinski definition) is 1. The standard InChI is InChI=1S/C19H37NO3/c1-4-6-8-10-12-14-16-23-19(22)17(3)20-18(21)15-13-11-9-7-5-2/h17H,4-16H2,1-3H3,(H,20,21)/t17-/m0/s1. The van der Waals surface area contributed by atoms with Crippen LogP contribution in [0.25, 0.3) is 0 Å². The van der Waals surface area contributed by atoms with E-state index in [0.717, 1.165) is 25.7 Å². The molecular weight excluding hydrogens is 290 g/mol. The highest BCUT2D eigenvalue weighted by Crippen LogP contribution is 2.06. The topological polar surface area (TPSA) is 55.4 Å². The molecule has 1 amide bonds. The number of amides is 1. The molecule has 0 aromatic carbocycles. The van der Waals surface area contributed by atoms with E-state index in [9.17, 15) is 9.59 Å². The maximum absolute atomic E-state index is 11.8. The number of ether oxygens (including phenoxy) is 1. The minimum absolute atomic E-state index is 0.0504. The first-order chi connectivity index (χ1) is 11.1. The van der Waals surface area contributed by atoms with Crippen LogP contribution in [0.15, 0.2) is 0 Å². The van der Waals surface area contributed by atoms with Crippen LogP contribution in [-0.4, -0.2) is 24.5 Å². The molecule has 0 fully saturated rings. The van der Waals surface area contributed by atoms with Crippen LogP contribution < -0.4 is 5.32 Å². The van der Waals surface area contributed by atoms with Gasteiger partial charge in [0.15, 0.2) is 0 Å². The molecule has 0 aliphatic heterocycles. The lowest BCUT2D eigenvalue weighted by Crippen LogP contribution is -2.39. The molecule has 0 bridgehead atoms. The van der Waals surface area contributed by atoms with Crippen LogP contribution in [0.1, 0.15) is 97.8 Å². The summed E-state index contributed by atoms with van der Waals surface area (Å²) in [6.07, 6.45) is 13.1. The Balaban J connectivity index is 3.58. The summed E-state index contributed by atoms with van der Waals surface area (Å²) in [5.74, 6) is -0.372. The first-order valence-corrected chi connectivity index (χ1v) is 9.57. The maximum Gasteiger partial charge on any atom is 0.328 e. The fraction of sp³-hybridized carbons (Fsp3) is 0.895. The molecule has 23 heavy (non-hydrogen) atoms. The Kier molecular flexibility index (Phi) is 15.1. The zero-order chi connectivity index (χ0) is 17.3.